The first-order valence-electron chi connectivity index (χ1n) is 9.13. The lowest BCUT2D eigenvalue weighted by atomic mass is 9.96. The van der Waals surface area contributed by atoms with Crippen LogP contribution in [0.15, 0.2) is 4.79 Å². The highest BCUT2D eigenvalue weighted by Gasteiger charge is 2.28. The number of piperidine rings is 1. The van der Waals surface area contributed by atoms with Gasteiger partial charge < -0.3 is 10.1 Å². The quantitative estimate of drug-likeness (QED) is 0.892. The van der Waals surface area contributed by atoms with E-state index in [0.29, 0.717) is 6.54 Å². The molecule has 0 amide bonds. The van der Waals surface area contributed by atoms with Gasteiger partial charge in [-0.3, -0.25) is 9.69 Å². The molecule has 0 spiro atoms. The van der Waals surface area contributed by atoms with Crippen molar-refractivity contribution < 1.29 is 5.11 Å². The number of thiophene rings is 1. The van der Waals surface area contributed by atoms with E-state index in [1.165, 1.54) is 16.9 Å². The standard InChI is InChI=1S/C18H25N3O2S/c1-2-13(22)12-7-3-4-9-21(12)10-15-19-17(23)16-11-6-5-8-14(11)24-18(16)20-15/h12-13,22H,2-10H2,1H3,(H,19,20,23). The van der Waals surface area contributed by atoms with Crippen molar-refractivity contribution in [3.05, 3.63) is 26.6 Å². The summed E-state index contributed by atoms with van der Waals surface area (Å²) in [5, 5.41) is 11.1. The first kappa shape index (κ1) is 16.2. The minimum Gasteiger partial charge on any atom is -0.392 e. The number of H-pyrrole nitrogens is 1. The van der Waals surface area contributed by atoms with Crippen LogP contribution in [-0.4, -0.2) is 38.7 Å². The number of nitrogens with zero attached hydrogens (tertiary/aromatic N) is 2. The molecule has 0 aromatic carbocycles. The Morgan fingerprint density at radius 1 is 1.38 bits per heavy atom. The molecular weight excluding hydrogens is 322 g/mol. The van der Waals surface area contributed by atoms with Crippen LogP contribution in [0.4, 0.5) is 0 Å². The van der Waals surface area contributed by atoms with Crippen molar-refractivity contribution in [3.8, 4) is 0 Å². The zero-order chi connectivity index (χ0) is 16.7. The fraction of sp³-hybridized carbons (Fsp3) is 0.667. The second kappa shape index (κ2) is 6.58. The summed E-state index contributed by atoms with van der Waals surface area (Å²) in [6.45, 7) is 3.61. The fourth-order valence-electron chi connectivity index (χ4n) is 4.24. The first-order valence-corrected chi connectivity index (χ1v) is 9.94. The number of nitrogens with one attached hydrogen (secondary N) is 1. The zero-order valence-corrected chi connectivity index (χ0v) is 15.0. The van der Waals surface area contributed by atoms with Gasteiger partial charge in [0, 0.05) is 10.9 Å². The van der Waals surface area contributed by atoms with E-state index < -0.39 is 0 Å². The van der Waals surface area contributed by atoms with Crippen LogP contribution in [0.3, 0.4) is 0 Å². The average Bonchev–Trinajstić information content (AvgIpc) is 3.15. The molecule has 5 nitrogen and oxygen atoms in total. The molecule has 4 rings (SSSR count). The number of rotatable bonds is 4. The lowest BCUT2D eigenvalue weighted by Crippen LogP contribution is -2.46. The Labute approximate surface area is 145 Å². The Bertz CT molecular complexity index is 797. The number of aliphatic hydroxyl groups is 1. The van der Waals surface area contributed by atoms with E-state index >= 15 is 0 Å². The predicted octanol–water partition coefficient (Wildman–Crippen LogP) is 2.60. The maximum Gasteiger partial charge on any atom is 0.259 e. The van der Waals surface area contributed by atoms with Gasteiger partial charge in [-0.15, -0.1) is 11.3 Å². The van der Waals surface area contributed by atoms with Gasteiger partial charge in [0.05, 0.1) is 18.0 Å². The molecule has 2 aliphatic rings. The second-order valence-corrected chi connectivity index (χ2v) is 8.14. The van der Waals surface area contributed by atoms with Crippen LogP contribution in [-0.2, 0) is 19.4 Å². The number of likely N-dealkylation sites (tertiary alicyclic amines) is 1. The highest BCUT2D eigenvalue weighted by Crippen LogP contribution is 2.34. The molecule has 1 fully saturated rings. The average molecular weight is 347 g/mol. The van der Waals surface area contributed by atoms with E-state index in [2.05, 4.69) is 9.88 Å². The normalized spacial score (nSPS) is 22.8. The van der Waals surface area contributed by atoms with Crippen LogP contribution in [0.2, 0.25) is 0 Å². The Hall–Kier alpha value is -1.24. The molecule has 1 aliphatic carbocycles. The molecular formula is C18H25N3O2S. The van der Waals surface area contributed by atoms with Crippen molar-refractivity contribution in [2.45, 2.75) is 70.6 Å². The number of aromatic amines is 1. The maximum absolute atomic E-state index is 12.6. The van der Waals surface area contributed by atoms with Crippen molar-refractivity contribution in [2.24, 2.45) is 0 Å². The summed E-state index contributed by atoms with van der Waals surface area (Å²) in [5.41, 5.74) is 1.24. The molecule has 3 heterocycles. The third kappa shape index (κ3) is 2.80. The molecule has 0 saturated carbocycles. The largest absolute Gasteiger partial charge is 0.392 e. The molecule has 0 radical (unpaired) electrons. The van der Waals surface area contributed by atoms with Gasteiger partial charge in [0.15, 0.2) is 0 Å². The van der Waals surface area contributed by atoms with Gasteiger partial charge >= 0.3 is 0 Å². The fourth-order valence-corrected chi connectivity index (χ4v) is 5.52. The van der Waals surface area contributed by atoms with Gasteiger partial charge in [-0.05, 0) is 50.6 Å². The van der Waals surface area contributed by atoms with Gasteiger partial charge in [0.1, 0.15) is 10.7 Å². The van der Waals surface area contributed by atoms with E-state index in [-0.39, 0.29) is 17.7 Å². The molecule has 1 aliphatic heterocycles. The molecule has 0 bridgehead atoms. The Balaban J connectivity index is 1.63. The first-order chi connectivity index (χ1) is 11.7. The maximum atomic E-state index is 12.6. The monoisotopic (exact) mass is 347 g/mol. The smallest absolute Gasteiger partial charge is 0.259 e. The number of hydrogen-bond acceptors (Lipinski definition) is 5. The molecule has 130 valence electrons. The Morgan fingerprint density at radius 3 is 3.08 bits per heavy atom. The van der Waals surface area contributed by atoms with Crippen LogP contribution in [0.1, 0.15) is 55.3 Å². The van der Waals surface area contributed by atoms with Gasteiger partial charge in [0.25, 0.3) is 5.56 Å². The summed E-state index contributed by atoms with van der Waals surface area (Å²) < 4.78 is 0. The SMILES string of the molecule is CCC(O)C1CCCCN1Cc1nc2sc3c(c2c(=O)[nH]1)CCC3. The summed E-state index contributed by atoms with van der Waals surface area (Å²) in [6, 6.07) is 0.179. The molecule has 2 unspecified atom stereocenters. The molecule has 2 aromatic heterocycles. The Kier molecular flexibility index (Phi) is 4.45. The lowest BCUT2D eigenvalue weighted by molar-refractivity contribution is 0.0182. The third-order valence-corrected chi connectivity index (χ3v) is 6.69. The summed E-state index contributed by atoms with van der Waals surface area (Å²) in [7, 11) is 0. The molecule has 1 saturated heterocycles. The van der Waals surface area contributed by atoms with Crippen LogP contribution < -0.4 is 5.56 Å². The summed E-state index contributed by atoms with van der Waals surface area (Å²) >= 11 is 1.69. The van der Waals surface area contributed by atoms with Crippen LogP contribution in [0.25, 0.3) is 10.2 Å². The van der Waals surface area contributed by atoms with Crippen molar-refractivity contribution >= 4 is 21.6 Å². The molecule has 2 atom stereocenters. The van der Waals surface area contributed by atoms with E-state index in [9.17, 15) is 9.90 Å². The topological polar surface area (TPSA) is 69.2 Å². The molecule has 24 heavy (non-hydrogen) atoms. The van der Waals surface area contributed by atoms with Crippen LogP contribution in [0, 0.1) is 0 Å². The third-order valence-electron chi connectivity index (χ3n) is 5.50. The van der Waals surface area contributed by atoms with E-state index in [1.54, 1.807) is 11.3 Å². The van der Waals surface area contributed by atoms with Gasteiger partial charge in [-0.2, -0.15) is 0 Å². The Morgan fingerprint density at radius 2 is 2.25 bits per heavy atom. The molecule has 6 heteroatoms. The van der Waals surface area contributed by atoms with E-state index in [0.717, 1.165) is 61.1 Å². The molecule has 2 aromatic rings. The highest BCUT2D eigenvalue weighted by molar-refractivity contribution is 7.18. The van der Waals surface area contributed by atoms with Gasteiger partial charge in [0.2, 0.25) is 0 Å². The van der Waals surface area contributed by atoms with Crippen molar-refractivity contribution in [1.29, 1.82) is 0 Å². The minimum absolute atomic E-state index is 0.0130. The number of aromatic nitrogens is 2. The van der Waals surface area contributed by atoms with Crippen molar-refractivity contribution in [1.82, 2.24) is 14.9 Å². The number of hydrogen-bond donors (Lipinski definition) is 2. The van der Waals surface area contributed by atoms with E-state index in [1.807, 2.05) is 6.92 Å². The van der Waals surface area contributed by atoms with Gasteiger partial charge in [-0.25, -0.2) is 4.98 Å². The minimum atomic E-state index is -0.300. The highest BCUT2D eigenvalue weighted by atomic mass is 32.1. The van der Waals surface area contributed by atoms with Gasteiger partial charge in [-0.1, -0.05) is 13.3 Å². The number of aliphatic hydroxyl groups excluding tert-OH is 1. The zero-order valence-electron chi connectivity index (χ0n) is 14.2. The second-order valence-electron chi connectivity index (χ2n) is 7.06. The van der Waals surface area contributed by atoms with Crippen molar-refractivity contribution in [2.75, 3.05) is 6.54 Å². The number of fused-ring (bicyclic) bond motifs is 3. The summed E-state index contributed by atoms with van der Waals surface area (Å²) in [5.74, 6) is 0.739. The summed E-state index contributed by atoms with van der Waals surface area (Å²) in [4.78, 5) is 24.9. The summed E-state index contributed by atoms with van der Waals surface area (Å²) in [6.07, 6.45) is 7.05. The van der Waals surface area contributed by atoms with Crippen LogP contribution >= 0.6 is 11.3 Å². The lowest BCUT2D eigenvalue weighted by Gasteiger charge is -2.37. The number of aryl methyl sites for hydroxylation is 2. The van der Waals surface area contributed by atoms with E-state index in [4.69, 9.17) is 4.98 Å². The molecule has 2 N–H and O–H groups in total. The predicted molar refractivity (Wildman–Crippen MR) is 96.6 cm³/mol. The van der Waals surface area contributed by atoms with Crippen LogP contribution in [0.5, 0.6) is 0 Å². The van der Waals surface area contributed by atoms with Crippen molar-refractivity contribution in [3.63, 3.8) is 0 Å².